The van der Waals surface area contributed by atoms with Crippen LogP contribution in [0, 0.1) is 20.8 Å². The summed E-state index contributed by atoms with van der Waals surface area (Å²) in [5.74, 6) is 0.193. The number of hydrogen-bond acceptors (Lipinski definition) is 9. The van der Waals surface area contributed by atoms with E-state index in [1.54, 1.807) is 0 Å². The molecule has 0 aliphatic carbocycles. The van der Waals surface area contributed by atoms with E-state index in [1.165, 1.54) is 24.8 Å². The van der Waals surface area contributed by atoms with Crippen molar-refractivity contribution in [2.75, 3.05) is 18.2 Å². The zero-order chi connectivity index (χ0) is 31.7. The van der Waals surface area contributed by atoms with E-state index in [2.05, 4.69) is 51.8 Å². The summed E-state index contributed by atoms with van der Waals surface area (Å²) in [5.41, 5.74) is 12.8. The number of nitrogens with two attached hydrogens (primary N) is 1. The third kappa shape index (κ3) is 6.63. The van der Waals surface area contributed by atoms with Gasteiger partial charge in [0.05, 0.1) is 12.8 Å². The average Bonchev–Trinajstić information content (AvgIpc) is 3.01. The van der Waals surface area contributed by atoms with Gasteiger partial charge in [0.15, 0.2) is 5.75 Å². The van der Waals surface area contributed by atoms with Crippen LogP contribution >= 0.6 is 0 Å². The Kier molecular flexibility index (Phi) is 9.23. The Morgan fingerprint density at radius 2 is 1.39 bits per heavy atom. The van der Waals surface area contributed by atoms with E-state index in [1.807, 2.05) is 73.7 Å². The van der Waals surface area contributed by atoms with Crippen LogP contribution < -0.4 is 15.8 Å². The summed E-state index contributed by atoms with van der Waals surface area (Å²) in [6.07, 6.45) is 0. The van der Waals surface area contributed by atoms with Crippen LogP contribution in [0.4, 0.5) is 39.8 Å². The van der Waals surface area contributed by atoms with Crippen molar-refractivity contribution in [1.29, 1.82) is 0 Å². The number of phenols is 2. The van der Waals surface area contributed by atoms with Crippen molar-refractivity contribution in [3.05, 3.63) is 108 Å². The SMILES string of the molecule is COc1cc(N=Nc2c(C)cc3cc(Nc4ccc(N)cc4)ccc3c2O)c(O)cc1N=Nc1ccc2cc(C)cc(C)c2c1.[Cu]. The first-order chi connectivity index (χ1) is 21.7. The summed E-state index contributed by atoms with van der Waals surface area (Å²) in [5, 5.41) is 46.2. The monoisotopic (exact) mass is 659 g/mol. The summed E-state index contributed by atoms with van der Waals surface area (Å²) >= 11 is 0. The minimum absolute atomic E-state index is 0. The number of nitrogens with one attached hydrogen (secondary N) is 1. The molecule has 6 rings (SSSR count). The maximum atomic E-state index is 11.1. The molecule has 0 aliphatic heterocycles. The van der Waals surface area contributed by atoms with Crippen LogP contribution in [-0.2, 0) is 17.1 Å². The third-order valence-electron chi connectivity index (χ3n) is 7.57. The molecule has 0 aliphatic rings. The molecule has 1 radical (unpaired) electrons. The maximum absolute atomic E-state index is 11.1. The number of azo groups is 2. The molecule has 0 fully saturated rings. The van der Waals surface area contributed by atoms with Gasteiger partial charge in [0.2, 0.25) is 0 Å². The Balaban J connectivity index is 0.00000417. The standard InChI is InChI=1S/C36H32N6O3.Cu/c1-20-13-21(2)30-17-28(8-5-23(30)14-20)39-41-32-18-33(43)31(19-34(32)45-4)40-42-35-22(3)15-24-16-27(11-12-29(24)36(35)44)38-26-9-6-25(37)7-10-26;/h5-19,38,43-44H,37H2,1-4H3;. The number of nitrogens with zero attached hydrogens (tertiary/aromatic N) is 4. The normalized spacial score (nSPS) is 11.4. The van der Waals surface area contributed by atoms with Gasteiger partial charge < -0.3 is 26.0 Å². The van der Waals surface area contributed by atoms with Crippen LogP contribution in [-0.4, -0.2) is 17.3 Å². The van der Waals surface area contributed by atoms with E-state index in [9.17, 15) is 10.2 Å². The molecular formula is C36H32CuN6O3. The fraction of sp³-hybridized carbons (Fsp3) is 0.111. The third-order valence-corrected chi connectivity index (χ3v) is 7.57. The van der Waals surface area contributed by atoms with Gasteiger partial charge in [0.1, 0.15) is 28.6 Å². The zero-order valence-corrected chi connectivity index (χ0v) is 26.6. The molecule has 235 valence electrons. The molecule has 0 unspecified atom stereocenters. The summed E-state index contributed by atoms with van der Waals surface area (Å²) < 4.78 is 5.52. The number of fused-ring (bicyclic) bond motifs is 2. The summed E-state index contributed by atoms with van der Waals surface area (Å²) in [6.45, 7) is 5.99. The van der Waals surface area contributed by atoms with Crippen molar-refractivity contribution in [3.8, 4) is 17.2 Å². The van der Waals surface area contributed by atoms with Crippen LogP contribution in [0.5, 0.6) is 17.2 Å². The molecule has 0 spiro atoms. The predicted molar refractivity (Wildman–Crippen MR) is 181 cm³/mol. The first-order valence-electron chi connectivity index (χ1n) is 14.3. The molecule has 0 atom stereocenters. The number of rotatable bonds is 7. The van der Waals surface area contributed by atoms with Crippen molar-refractivity contribution in [2.45, 2.75) is 20.8 Å². The molecular weight excluding hydrogens is 628 g/mol. The van der Waals surface area contributed by atoms with Gasteiger partial charge in [0.25, 0.3) is 0 Å². The summed E-state index contributed by atoms with van der Waals surface area (Å²) in [4.78, 5) is 0. The number of ether oxygens (including phenoxy) is 1. The number of aryl methyl sites for hydroxylation is 3. The number of aromatic hydroxyl groups is 2. The van der Waals surface area contributed by atoms with E-state index >= 15 is 0 Å². The molecule has 0 bridgehead atoms. The van der Waals surface area contributed by atoms with E-state index in [-0.39, 0.29) is 34.3 Å². The predicted octanol–water partition coefficient (Wildman–Crippen LogP) is 10.5. The van der Waals surface area contributed by atoms with Gasteiger partial charge in [-0.1, -0.05) is 23.8 Å². The van der Waals surface area contributed by atoms with Crippen molar-refractivity contribution in [3.63, 3.8) is 0 Å². The van der Waals surface area contributed by atoms with Crippen molar-refractivity contribution < 1.29 is 32.0 Å². The molecule has 0 amide bonds. The molecule has 0 heterocycles. The zero-order valence-electron chi connectivity index (χ0n) is 25.6. The Morgan fingerprint density at radius 3 is 2.15 bits per heavy atom. The van der Waals surface area contributed by atoms with Crippen molar-refractivity contribution >= 4 is 61.4 Å². The van der Waals surface area contributed by atoms with Crippen molar-refractivity contribution in [1.82, 2.24) is 0 Å². The fourth-order valence-corrected chi connectivity index (χ4v) is 5.31. The Labute approximate surface area is 277 Å². The maximum Gasteiger partial charge on any atom is 0.151 e. The van der Waals surface area contributed by atoms with Gasteiger partial charge in [-0.25, -0.2) is 0 Å². The van der Waals surface area contributed by atoms with Gasteiger partial charge in [0, 0.05) is 51.6 Å². The van der Waals surface area contributed by atoms with E-state index in [0.29, 0.717) is 39.4 Å². The van der Waals surface area contributed by atoms with E-state index in [0.717, 1.165) is 33.1 Å². The molecule has 0 saturated heterocycles. The number of phenolic OH excluding ortho intramolecular Hbond substituents is 2. The van der Waals surface area contributed by atoms with Crippen LogP contribution in [0.3, 0.4) is 0 Å². The number of nitrogen functional groups attached to an aromatic ring is 1. The van der Waals surface area contributed by atoms with E-state index in [4.69, 9.17) is 10.5 Å². The van der Waals surface area contributed by atoms with Gasteiger partial charge in [-0.05, 0) is 109 Å². The summed E-state index contributed by atoms with van der Waals surface area (Å²) in [6, 6.07) is 28.2. The topological polar surface area (TPSA) is 137 Å². The molecule has 46 heavy (non-hydrogen) atoms. The minimum atomic E-state index is -0.158. The summed E-state index contributed by atoms with van der Waals surface area (Å²) in [7, 11) is 1.50. The van der Waals surface area contributed by atoms with Gasteiger partial charge >= 0.3 is 0 Å². The smallest absolute Gasteiger partial charge is 0.151 e. The molecule has 6 aromatic rings. The molecule has 6 aromatic carbocycles. The van der Waals surface area contributed by atoms with Gasteiger partial charge in [-0.3, -0.25) is 0 Å². The molecule has 10 heteroatoms. The first kappa shape index (κ1) is 32.0. The Morgan fingerprint density at radius 1 is 0.652 bits per heavy atom. The number of benzene rings is 6. The van der Waals surface area contributed by atoms with E-state index < -0.39 is 0 Å². The first-order valence-corrected chi connectivity index (χ1v) is 14.3. The quantitative estimate of drug-likeness (QED) is 0.0767. The van der Waals surface area contributed by atoms with Crippen LogP contribution in [0.15, 0.2) is 111 Å². The second kappa shape index (κ2) is 13.3. The Bertz CT molecular complexity index is 2150. The van der Waals surface area contributed by atoms with Crippen LogP contribution in [0.2, 0.25) is 0 Å². The number of hydrogen-bond donors (Lipinski definition) is 4. The second-order valence-electron chi connectivity index (χ2n) is 11.0. The largest absolute Gasteiger partial charge is 0.506 e. The van der Waals surface area contributed by atoms with Gasteiger partial charge in [-0.15, -0.1) is 15.3 Å². The van der Waals surface area contributed by atoms with Crippen LogP contribution in [0.25, 0.3) is 21.5 Å². The number of anilines is 3. The molecule has 9 nitrogen and oxygen atoms in total. The molecule has 0 saturated carbocycles. The fourth-order valence-electron chi connectivity index (χ4n) is 5.31. The number of methoxy groups -OCH3 is 1. The average molecular weight is 660 g/mol. The van der Waals surface area contributed by atoms with Crippen molar-refractivity contribution in [2.24, 2.45) is 20.5 Å². The molecule has 5 N–H and O–H groups in total. The minimum Gasteiger partial charge on any atom is -0.506 e. The van der Waals surface area contributed by atoms with Gasteiger partial charge in [-0.2, -0.15) is 5.11 Å². The van der Waals surface area contributed by atoms with Crippen LogP contribution in [0.1, 0.15) is 16.7 Å². The Hall–Kier alpha value is -5.44. The second-order valence-corrected chi connectivity index (χ2v) is 11.0. The molecule has 0 aromatic heterocycles.